The molecule has 11 nitrogen and oxygen atoms in total. The zero-order valence-electron chi connectivity index (χ0n) is 52.3. The first-order valence-corrected chi connectivity index (χ1v) is 32.7. The summed E-state index contributed by atoms with van der Waals surface area (Å²) in [5.74, 6) is 3.17. The molecular formula is C75H95N7O4. The van der Waals surface area contributed by atoms with Gasteiger partial charge in [0.15, 0.2) is 17.3 Å². The van der Waals surface area contributed by atoms with Gasteiger partial charge in [-0.1, -0.05) is 111 Å². The smallest absolute Gasteiger partial charge is 0.161 e. The summed E-state index contributed by atoms with van der Waals surface area (Å²) >= 11 is 0. The number of aryl methyl sites for hydroxylation is 3. The minimum Gasteiger partial charge on any atom is -0.497 e. The van der Waals surface area contributed by atoms with E-state index in [0.29, 0.717) is 0 Å². The molecule has 0 atom stereocenters. The highest BCUT2D eigenvalue weighted by Gasteiger charge is 2.23. The number of carbonyl (C=O) groups is 3. The number of nitrogens with one attached hydrogen (secondary N) is 1. The Hall–Kier alpha value is -7.05. The predicted octanol–water partition coefficient (Wildman–Crippen LogP) is 16.3. The van der Waals surface area contributed by atoms with Gasteiger partial charge in [-0.15, -0.1) is 0 Å². The van der Waals surface area contributed by atoms with Gasteiger partial charge in [0.1, 0.15) is 5.75 Å². The van der Waals surface area contributed by atoms with Crippen LogP contribution in [0, 0.1) is 11.8 Å². The van der Waals surface area contributed by atoms with Crippen LogP contribution in [0.25, 0.3) is 43.6 Å². The van der Waals surface area contributed by atoms with Crippen LogP contribution in [0.5, 0.6) is 5.75 Å². The van der Waals surface area contributed by atoms with Crippen molar-refractivity contribution in [2.24, 2.45) is 11.8 Å². The van der Waals surface area contributed by atoms with Gasteiger partial charge in [-0.05, 0) is 203 Å². The van der Waals surface area contributed by atoms with Crippen LogP contribution >= 0.6 is 0 Å². The lowest BCUT2D eigenvalue weighted by molar-refractivity contribution is 0.101. The van der Waals surface area contributed by atoms with Crippen LogP contribution in [0.2, 0.25) is 0 Å². The van der Waals surface area contributed by atoms with E-state index in [4.69, 9.17) is 4.74 Å². The topological polar surface area (TPSA) is 101 Å². The zero-order valence-corrected chi connectivity index (χ0v) is 52.3. The van der Waals surface area contributed by atoms with E-state index in [1.54, 1.807) is 27.9 Å². The molecule has 3 aliphatic rings. The third kappa shape index (κ3) is 15.9. The molecule has 86 heavy (non-hydrogen) atoms. The van der Waals surface area contributed by atoms with Gasteiger partial charge >= 0.3 is 0 Å². The summed E-state index contributed by atoms with van der Waals surface area (Å²) in [6, 6.07) is 41.9. The van der Waals surface area contributed by atoms with E-state index in [1.807, 2.05) is 55.0 Å². The molecule has 0 unspecified atom stereocenters. The molecule has 11 heteroatoms. The first-order valence-electron chi connectivity index (χ1n) is 32.7. The minimum absolute atomic E-state index is 0.134. The van der Waals surface area contributed by atoms with Crippen molar-refractivity contribution in [3.63, 3.8) is 0 Å². The molecule has 4 aromatic heterocycles. The molecule has 0 amide bonds. The highest BCUT2D eigenvalue weighted by Crippen LogP contribution is 2.32. The number of Topliss-reactive ketones (excluding diaryl/α,β-unsaturated/α-hetero) is 3. The van der Waals surface area contributed by atoms with E-state index in [1.165, 1.54) is 149 Å². The average Bonchev–Trinajstić information content (AvgIpc) is 2.98. The number of likely N-dealkylation sites (tertiary alicyclic amines) is 2. The normalized spacial score (nSPS) is 15.4. The number of hydrogen-bond donors (Lipinski definition) is 1. The van der Waals surface area contributed by atoms with Crippen molar-refractivity contribution in [1.82, 2.24) is 33.4 Å². The number of fused-ring (bicyclic) bond motifs is 6. The Morgan fingerprint density at radius 2 is 0.930 bits per heavy atom. The molecule has 0 radical (unpaired) electrons. The summed E-state index contributed by atoms with van der Waals surface area (Å²) in [4.78, 5) is 47.2. The van der Waals surface area contributed by atoms with Crippen LogP contribution in [0.15, 0.2) is 140 Å². The number of para-hydroxylation sites is 3. The number of benzene rings is 5. The fourth-order valence-corrected chi connectivity index (χ4v) is 13.9. The van der Waals surface area contributed by atoms with Crippen LogP contribution in [0.4, 0.5) is 0 Å². The Morgan fingerprint density at radius 3 is 1.40 bits per heavy atom. The van der Waals surface area contributed by atoms with Gasteiger partial charge in [0.2, 0.25) is 0 Å². The number of methoxy groups -OCH3 is 1. The Bertz CT molecular complexity index is 3640. The lowest BCUT2D eigenvalue weighted by Gasteiger charge is -2.32. The van der Waals surface area contributed by atoms with Crippen molar-refractivity contribution >= 4 is 61.0 Å². The number of aromatic nitrogens is 4. The van der Waals surface area contributed by atoms with Gasteiger partial charge in [0.25, 0.3) is 0 Å². The predicted molar refractivity (Wildman–Crippen MR) is 355 cm³/mol. The molecule has 9 aromatic rings. The number of hydrogen-bond acceptors (Lipinski definition) is 7. The standard InChI is InChI=1S/C26H29N3O2.C26H32N2O.C23H34N2O/c1-18(30)23-16-29(26-8-4-3-7-21(23)26)13-6-5-12-28-14-11-20-22-15-19(31-2)9-10-24(22)27-25(20)17-28;1-21(29)25-20-28(26-12-6-5-11-24(25)26)16-8-7-15-27-17-13-23(14-18-27)19-22-9-3-2-4-10-22;1-3-4-9-20-12-16-24(17-13-20)14-7-8-15-25-18-22(19(2)26)21-10-5-6-11-23(21)25/h3-4,7-10,15-16,27H,5-6,11-14,17H2,1-2H3;2-6,9-12,20,23H,7-8,13-19H2,1H3;5-6,10-11,18,20H,3-4,7-9,12-17H2,1-2H3. The van der Waals surface area contributed by atoms with Crippen LogP contribution in [0.3, 0.4) is 0 Å². The van der Waals surface area contributed by atoms with Crippen LogP contribution in [-0.4, -0.2) is 110 Å². The summed E-state index contributed by atoms with van der Waals surface area (Å²) in [5.41, 5.74) is 11.5. The maximum Gasteiger partial charge on any atom is 0.161 e. The highest BCUT2D eigenvalue weighted by atomic mass is 16.5. The lowest BCUT2D eigenvalue weighted by atomic mass is 9.90. The van der Waals surface area contributed by atoms with Crippen molar-refractivity contribution in [2.45, 2.75) is 150 Å². The first-order chi connectivity index (χ1) is 42.0. The van der Waals surface area contributed by atoms with Gasteiger partial charge in [-0.3, -0.25) is 19.3 Å². The van der Waals surface area contributed by atoms with E-state index < -0.39 is 0 Å². The van der Waals surface area contributed by atoms with Crippen LogP contribution in [-0.2, 0) is 39.0 Å². The molecule has 0 saturated carbocycles. The van der Waals surface area contributed by atoms with Gasteiger partial charge < -0.3 is 33.2 Å². The monoisotopic (exact) mass is 1160 g/mol. The summed E-state index contributed by atoms with van der Waals surface area (Å²) in [5, 5.41) is 4.54. The molecule has 2 saturated heterocycles. The second-order valence-electron chi connectivity index (χ2n) is 25.0. The van der Waals surface area contributed by atoms with Gasteiger partial charge in [0, 0.05) is 117 Å². The Kier molecular flexibility index (Phi) is 22.0. The average molecular weight is 1160 g/mol. The zero-order chi connectivity index (χ0) is 59.8. The molecule has 7 heterocycles. The largest absolute Gasteiger partial charge is 0.497 e. The molecule has 5 aromatic carbocycles. The van der Waals surface area contributed by atoms with Gasteiger partial charge in [-0.25, -0.2) is 0 Å². The van der Waals surface area contributed by atoms with Crippen molar-refractivity contribution in [2.75, 3.05) is 59.5 Å². The first kappa shape index (κ1) is 62.0. The second kappa shape index (κ2) is 30.5. The quantitative estimate of drug-likeness (QED) is 0.0475. The maximum absolute atomic E-state index is 12.0. The van der Waals surface area contributed by atoms with Crippen LogP contribution in [0.1, 0.15) is 159 Å². The molecule has 1 N–H and O–H groups in total. The minimum atomic E-state index is 0.134. The lowest BCUT2D eigenvalue weighted by Crippen LogP contribution is -2.35. The van der Waals surface area contributed by atoms with E-state index in [0.717, 1.165) is 121 Å². The molecule has 3 aliphatic heterocycles. The summed E-state index contributed by atoms with van der Waals surface area (Å²) in [6.07, 6.45) is 25.0. The Labute approximate surface area is 511 Å². The fourth-order valence-electron chi connectivity index (χ4n) is 13.9. The SMILES string of the molecule is CC(=O)c1cn(CCCCN2CCC(Cc3ccccc3)CC2)c2ccccc12.CCCCC1CCN(CCCCn2cc(C(C)=O)c3ccccc32)CC1.COc1ccc2[nH]c3c(c2c1)CCN(CCCCn1cc(C(C)=O)c2ccccc21)C3. The van der Waals surface area contributed by atoms with Gasteiger partial charge in [0.05, 0.1) is 7.11 Å². The van der Waals surface area contributed by atoms with Crippen molar-refractivity contribution in [3.8, 4) is 5.75 Å². The van der Waals surface area contributed by atoms with Gasteiger partial charge in [-0.2, -0.15) is 0 Å². The number of unbranched alkanes of at least 4 members (excludes halogenated alkanes) is 4. The third-order valence-corrected chi connectivity index (χ3v) is 18.9. The summed E-state index contributed by atoms with van der Waals surface area (Å²) in [6.45, 7) is 20.8. The van der Waals surface area contributed by atoms with E-state index in [2.05, 4.69) is 125 Å². The number of aromatic amines is 1. The number of carbonyl (C=O) groups excluding carboxylic acids is 3. The van der Waals surface area contributed by atoms with Crippen molar-refractivity contribution in [3.05, 3.63) is 173 Å². The highest BCUT2D eigenvalue weighted by molar-refractivity contribution is 6.08. The van der Waals surface area contributed by atoms with E-state index in [9.17, 15) is 14.4 Å². The molecule has 0 bridgehead atoms. The number of rotatable bonds is 24. The van der Waals surface area contributed by atoms with Crippen LogP contribution < -0.4 is 4.74 Å². The summed E-state index contributed by atoms with van der Waals surface area (Å²) < 4.78 is 12.2. The molecule has 2 fully saturated rings. The Balaban J connectivity index is 0.000000144. The molecule has 0 spiro atoms. The number of nitrogens with zero attached hydrogens (tertiary/aromatic N) is 6. The van der Waals surface area contributed by atoms with Crippen molar-refractivity contribution < 1.29 is 19.1 Å². The number of ketones is 3. The van der Waals surface area contributed by atoms with E-state index >= 15 is 0 Å². The Morgan fingerprint density at radius 1 is 0.488 bits per heavy atom. The third-order valence-electron chi connectivity index (χ3n) is 18.9. The molecular weight excluding hydrogens is 1060 g/mol. The molecule has 454 valence electrons. The summed E-state index contributed by atoms with van der Waals surface area (Å²) in [7, 11) is 1.72. The van der Waals surface area contributed by atoms with E-state index in [-0.39, 0.29) is 17.3 Å². The maximum atomic E-state index is 12.0. The number of ether oxygens (including phenoxy) is 1. The fraction of sp³-hybridized carbons (Fsp3) is 0.453. The number of H-pyrrole nitrogens is 1. The molecule has 12 rings (SSSR count). The van der Waals surface area contributed by atoms with Crippen molar-refractivity contribution in [1.29, 1.82) is 0 Å². The molecule has 0 aliphatic carbocycles. The second-order valence-corrected chi connectivity index (χ2v) is 25.0. The number of piperidine rings is 2.